The Bertz CT molecular complexity index is 1370. The first-order valence-corrected chi connectivity index (χ1v) is 12.8. The molecule has 0 fully saturated rings. The Hall–Kier alpha value is -4.83. The molecule has 0 radical (unpaired) electrons. The van der Waals surface area contributed by atoms with E-state index in [0.717, 1.165) is 23.1 Å². The van der Waals surface area contributed by atoms with Gasteiger partial charge >= 0.3 is 5.97 Å². The van der Waals surface area contributed by atoms with Gasteiger partial charge < -0.3 is 4.74 Å². The summed E-state index contributed by atoms with van der Waals surface area (Å²) in [7, 11) is 0. The van der Waals surface area contributed by atoms with Gasteiger partial charge in [-0.05, 0) is 24.0 Å². The van der Waals surface area contributed by atoms with E-state index in [0.29, 0.717) is 24.0 Å². The standard InChI is InChI=1S/C19H18O3.C16H14O/c1-2-3-9-18(20)22-14-15-10-12-17(13-11-15)19(21)16-7-5-4-6-8-16;1-2-6-13-9-11-15(12-10-13)16(17)14-7-4-3-5-8-14/h2,4-8,10-13H,1,3,9,14H2;2-5,7-12H,1,6H2. The van der Waals surface area contributed by atoms with Crippen LogP contribution in [-0.2, 0) is 22.6 Å². The van der Waals surface area contributed by atoms with Gasteiger partial charge in [0.25, 0.3) is 0 Å². The van der Waals surface area contributed by atoms with Gasteiger partial charge in [0, 0.05) is 28.7 Å². The number of hydrogen-bond acceptors (Lipinski definition) is 4. The molecule has 0 spiro atoms. The molecule has 4 rings (SSSR count). The zero-order chi connectivity index (χ0) is 27.9. The van der Waals surface area contributed by atoms with Gasteiger partial charge in [-0.2, -0.15) is 0 Å². The maximum absolute atomic E-state index is 12.2. The molecule has 0 saturated carbocycles. The van der Waals surface area contributed by atoms with Crippen LogP contribution in [0, 0.1) is 0 Å². The fourth-order valence-electron chi connectivity index (χ4n) is 3.68. The molecule has 0 aliphatic heterocycles. The number of carbonyl (C=O) groups excluding carboxylic acids is 3. The molecule has 4 aromatic carbocycles. The fourth-order valence-corrected chi connectivity index (χ4v) is 3.68. The van der Waals surface area contributed by atoms with E-state index in [9.17, 15) is 14.4 Å². The molecule has 0 N–H and O–H groups in total. The molecule has 0 aromatic heterocycles. The lowest BCUT2D eigenvalue weighted by molar-refractivity contribution is -0.144. The topological polar surface area (TPSA) is 60.4 Å². The Labute approximate surface area is 230 Å². The van der Waals surface area contributed by atoms with Gasteiger partial charge in [-0.3, -0.25) is 14.4 Å². The summed E-state index contributed by atoms with van der Waals surface area (Å²) in [6.07, 6.45) is 5.33. The first kappa shape index (κ1) is 28.7. The molecule has 0 aliphatic carbocycles. The minimum Gasteiger partial charge on any atom is -0.461 e. The molecule has 0 amide bonds. The number of benzene rings is 4. The Kier molecular flexibility index (Phi) is 11.4. The molecule has 0 atom stereocenters. The van der Waals surface area contributed by atoms with E-state index < -0.39 is 0 Å². The van der Waals surface area contributed by atoms with Crippen molar-refractivity contribution in [2.24, 2.45) is 0 Å². The van der Waals surface area contributed by atoms with Crippen LogP contribution in [0.15, 0.2) is 135 Å². The van der Waals surface area contributed by atoms with Crippen molar-refractivity contribution < 1.29 is 19.1 Å². The van der Waals surface area contributed by atoms with Crippen LogP contribution in [0.3, 0.4) is 0 Å². The zero-order valence-electron chi connectivity index (χ0n) is 21.9. The van der Waals surface area contributed by atoms with Crippen molar-refractivity contribution in [1.82, 2.24) is 0 Å². The highest BCUT2D eigenvalue weighted by molar-refractivity contribution is 6.09. The van der Waals surface area contributed by atoms with Gasteiger partial charge in [-0.1, -0.05) is 121 Å². The molecule has 0 aliphatic rings. The summed E-state index contributed by atoms with van der Waals surface area (Å²) in [6, 6.07) is 33.2. The number of hydrogen-bond donors (Lipinski definition) is 0. The van der Waals surface area contributed by atoms with E-state index in [1.807, 2.05) is 78.9 Å². The number of carbonyl (C=O) groups is 3. The average molecular weight is 517 g/mol. The van der Waals surface area contributed by atoms with Crippen LogP contribution in [0.1, 0.15) is 55.8 Å². The van der Waals surface area contributed by atoms with Crippen LogP contribution < -0.4 is 0 Å². The summed E-state index contributed by atoms with van der Waals surface area (Å²) < 4.78 is 5.14. The van der Waals surface area contributed by atoms with Crippen molar-refractivity contribution in [3.63, 3.8) is 0 Å². The Morgan fingerprint density at radius 2 is 1.00 bits per heavy atom. The first-order valence-electron chi connectivity index (χ1n) is 12.8. The monoisotopic (exact) mass is 516 g/mol. The zero-order valence-corrected chi connectivity index (χ0v) is 21.9. The molecule has 4 aromatic rings. The van der Waals surface area contributed by atoms with Crippen molar-refractivity contribution in [1.29, 1.82) is 0 Å². The average Bonchev–Trinajstić information content (AvgIpc) is 3.00. The van der Waals surface area contributed by atoms with Crippen LogP contribution in [0.5, 0.6) is 0 Å². The van der Waals surface area contributed by atoms with Gasteiger partial charge in [0.05, 0.1) is 0 Å². The number of ketones is 2. The molecule has 0 bridgehead atoms. The summed E-state index contributed by atoms with van der Waals surface area (Å²) >= 11 is 0. The predicted octanol–water partition coefficient (Wildman–Crippen LogP) is 7.57. The van der Waals surface area contributed by atoms with Gasteiger partial charge in [0.2, 0.25) is 0 Å². The third kappa shape index (κ3) is 9.20. The van der Waals surface area contributed by atoms with E-state index >= 15 is 0 Å². The molecule has 4 nitrogen and oxygen atoms in total. The van der Waals surface area contributed by atoms with Crippen LogP contribution >= 0.6 is 0 Å². The summed E-state index contributed by atoms with van der Waals surface area (Å²) in [5, 5.41) is 0. The number of esters is 1. The number of rotatable bonds is 11. The van der Waals surface area contributed by atoms with Gasteiger partial charge in [-0.15, -0.1) is 13.2 Å². The summed E-state index contributed by atoms with van der Waals surface area (Å²) in [5.41, 5.74) is 4.76. The second kappa shape index (κ2) is 15.4. The van der Waals surface area contributed by atoms with Crippen LogP contribution in [0.2, 0.25) is 0 Å². The lowest BCUT2D eigenvalue weighted by atomic mass is 10.0. The van der Waals surface area contributed by atoms with Crippen molar-refractivity contribution >= 4 is 17.5 Å². The summed E-state index contributed by atoms with van der Waals surface area (Å²) in [4.78, 5) is 35.8. The number of ether oxygens (including phenoxy) is 1. The minimum atomic E-state index is -0.246. The van der Waals surface area contributed by atoms with Crippen molar-refractivity contribution in [2.75, 3.05) is 0 Å². The molecule has 0 saturated heterocycles. The van der Waals surface area contributed by atoms with E-state index in [-0.39, 0.29) is 24.1 Å². The molecule has 0 heterocycles. The Morgan fingerprint density at radius 3 is 1.44 bits per heavy atom. The molecular weight excluding hydrogens is 484 g/mol. The van der Waals surface area contributed by atoms with Crippen LogP contribution in [0.25, 0.3) is 0 Å². The van der Waals surface area contributed by atoms with Gasteiger partial charge in [0.1, 0.15) is 6.61 Å². The molecular formula is C35H32O4. The fraction of sp³-hybridized carbons (Fsp3) is 0.114. The van der Waals surface area contributed by atoms with Crippen molar-refractivity contribution in [3.8, 4) is 0 Å². The van der Waals surface area contributed by atoms with Gasteiger partial charge in [-0.25, -0.2) is 0 Å². The number of allylic oxidation sites excluding steroid dienone is 2. The van der Waals surface area contributed by atoms with Crippen LogP contribution in [0.4, 0.5) is 0 Å². The van der Waals surface area contributed by atoms with Crippen molar-refractivity contribution in [2.45, 2.75) is 25.9 Å². The summed E-state index contributed by atoms with van der Waals surface area (Å²) in [6.45, 7) is 7.47. The molecule has 39 heavy (non-hydrogen) atoms. The Balaban J connectivity index is 0.000000223. The minimum absolute atomic E-state index is 0.0184. The largest absolute Gasteiger partial charge is 0.461 e. The van der Waals surface area contributed by atoms with E-state index in [1.165, 1.54) is 5.56 Å². The van der Waals surface area contributed by atoms with Crippen LogP contribution in [-0.4, -0.2) is 17.5 Å². The maximum Gasteiger partial charge on any atom is 0.306 e. The maximum atomic E-state index is 12.2. The van der Waals surface area contributed by atoms with E-state index in [2.05, 4.69) is 13.2 Å². The van der Waals surface area contributed by atoms with Gasteiger partial charge in [0.15, 0.2) is 11.6 Å². The highest BCUT2D eigenvalue weighted by Gasteiger charge is 2.09. The third-order valence-electron chi connectivity index (χ3n) is 5.84. The molecule has 0 unspecified atom stereocenters. The molecule has 196 valence electrons. The summed E-state index contributed by atoms with van der Waals surface area (Å²) in [5.74, 6) is -0.199. The van der Waals surface area contributed by atoms with E-state index in [1.54, 1.807) is 42.5 Å². The first-order chi connectivity index (χ1) is 19.0. The quantitative estimate of drug-likeness (QED) is 0.117. The lowest BCUT2D eigenvalue weighted by Gasteiger charge is -2.05. The third-order valence-corrected chi connectivity index (χ3v) is 5.84. The lowest BCUT2D eigenvalue weighted by Crippen LogP contribution is -2.04. The normalized spacial score (nSPS) is 9.95. The van der Waals surface area contributed by atoms with Crippen molar-refractivity contribution in [3.05, 3.63) is 168 Å². The smallest absolute Gasteiger partial charge is 0.306 e. The second-order valence-electron chi connectivity index (χ2n) is 8.76. The highest BCUT2D eigenvalue weighted by Crippen LogP contribution is 2.13. The predicted molar refractivity (Wildman–Crippen MR) is 156 cm³/mol. The Morgan fingerprint density at radius 1 is 0.564 bits per heavy atom. The second-order valence-corrected chi connectivity index (χ2v) is 8.76. The molecule has 4 heteroatoms. The SMILES string of the molecule is C=CCCC(=O)OCc1ccc(C(=O)c2ccccc2)cc1.C=CCc1ccc(C(=O)c2ccccc2)cc1. The highest BCUT2D eigenvalue weighted by atomic mass is 16.5. The van der Waals surface area contributed by atoms with E-state index in [4.69, 9.17) is 4.74 Å².